The number of hydrogen-bond donors (Lipinski definition) is 1. The number of nitrogens with zero attached hydrogens (tertiary/aromatic N) is 1. The summed E-state index contributed by atoms with van der Waals surface area (Å²) < 4.78 is 18.5. The Morgan fingerprint density at radius 1 is 0.944 bits per heavy atom. The van der Waals surface area contributed by atoms with E-state index in [1.165, 1.54) is 12.5 Å². The number of rotatable bonds is 9. The molecule has 0 heterocycles. The molecule has 0 bridgehead atoms. The van der Waals surface area contributed by atoms with Crippen molar-refractivity contribution >= 4 is 54.8 Å². The van der Waals surface area contributed by atoms with E-state index in [1.807, 2.05) is 37.3 Å². The third-order valence-electron chi connectivity index (χ3n) is 5.38. The molecule has 1 N–H and O–H groups in total. The Kier molecular flexibility index (Phi) is 8.61. The smallest absolute Gasteiger partial charge is 0.271 e. The number of fused-ring (bicyclic) bond motifs is 1. The monoisotopic (exact) mass is 610 g/mol. The van der Waals surface area contributed by atoms with Gasteiger partial charge in [0.15, 0.2) is 11.5 Å². The van der Waals surface area contributed by atoms with Gasteiger partial charge in [0.05, 0.1) is 28.9 Å². The summed E-state index contributed by atoms with van der Waals surface area (Å²) in [6.45, 7) is 2.81. The third kappa shape index (κ3) is 6.06. The molecule has 0 radical (unpaired) electrons. The quantitative estimate of drug-likeness (QED) is 0.162. The van der Waals surface area contributed by atoms with Gasteiger partial charge in [0.1, 0.15) is 12.4 Å². The average molecular weight is 612 g/mol. The molecule has 0 spiro atoms. The molecule has 0 unspecified atom stereocenters. The maximum atomic E-state index is 12.5. The molecule has 4 aromatic carbocycles. The maximum absolute atomic E-state index is 12.5. The van der Waals surface area contributed by atoms with Crippen molar-refractivity contribution in [3.05, 3.63) is 98.4 Å². The van der Waals surface area contributed by atoms with E-state index >= 15 is 0 Å². The van der Waals surface area contributed by atoms with Gasteiger partial charge in [0.25, 0.3) is 5.91 Å². The number of halogens is 2. The highest BCUT2D eigenvalue weighted by atomic mass is 79.9. The van der Waals surface area contributed by atoms with Crippen LogP contribution in [0.25, 0.3) is 10.8 Å². The van der Waals surface area contributed by atoms with Crippen LogP contribution in [0.1, 0.15) is 28.4 Å². The minimum absolute atomic E-state index is 0.360. The topological polar surface area (TPSA) is 69.2 Å². The summed E-state index contributed by atoms with van der Waals surface area (Å²) in [4.78, 5) is 12.5. The molecule has 4 aromatic rings. The lowest BCUT2D eigenvalue weighted by Crippen LogP contribution is -2.17. The van der Waals surface area contributed by atoms with Gasteiger partial charge in [0, 0.05) is 5.56 Å². The number of amides is 1. The van der Waals surface area contributed by atoms with Crippen molar-refractivity contribution in [1.29, 1.82) is 0 Å². The van der Waals surface area contributed by atoms with E-state index in [4.69, 9.17) is 14.2 Å². The highest BCUT2D eigenvalue weighted by Gasteiger charge is 2.12. The van der Waals surface area contributed by atoms with Crippen LogP contribution in [0.15, 0.2) is 86.8 Å². The van der Waals surface area contributed by atoms with Crippen molar-refractivity contribution in [2.24, 2.45) is 5.10 Å². The lowest BCUT2D eigenvalue weighted by atomic mass is 10.1. The standard InChI is InChI=1S/C28H24Br2N2O4/c1-3-35-25-12-11-20(15-26(25)34-2)28(33)32-31-16-18-13-23(29)27(24(30)14-18)36-17-21-9-6-8-19-7-4-5-10-22(19)21/h4-16H,3,17H2,1-2H3,(H,32,33)/b31-16+. The minimum Gasteiger partial charge on any atom is -0.493 e. The van der Waals surface area contributed by atoms with E-state index in [1.54, 1.807) is 24.4 Å². The molecule has 0 atom stereocenters. The molecular formula is C28H24Br2N2O4. The van der Waals surface area contributed by atoms with Gasteiger partial charge in [-0.2, -0.15) is 5.10 Å². The van der Waals surface area contributed by atoms with E-state index in [-0.39, 0.29) is 5.91 Å². The van der Waals surface area contributed by atoms with Gasteiger partial charge in [-0.1, -0.05) is 42.5 Å². The lowest BCUT2D eigenvalue weighted by Gasteiger charge is -2.13. The molecule has 6 nitrogen and oxygen atoms in total. The van der Waals surface area contributed by atoms with Crippen LogP contribution in [0.3, 0.4) is 0 Å². The van der Waals surface area contributed by atoms with Crippen molar-refractivity contribution in [3.8, 4) is 17.2 Å². The van der Waals surface area contributed by atoms with Crippen molar-refractivity contribution in [1.82, 2.24) is 5.43 Å². The molecule has 0 aliphatic heterocycles. The molecule has 0 aromatic heterocycles. The number of benzene rings is 4. The number of ether oxygens (including phenoxy) is 3. The van der Waals surface area contributed by atoms with Crippen LogP contribution in [-0.4, -0.2) is 25.8 Å². The molecule has 36 heavy (non-hydrogen) atoms. The predicted molar refractivity (Wildman–Crippen MR) is 149 cm³/mol. The molecule has 4 rings (SSSR count). The lowest BCUT2D eigenvalue weighted by molar-refractivity contribution is 0.0954. The molecule has 0 aliphatic rings. The normalized spacial score (nSPS) is 11.0. The van der Waals surface area contributed by atoms with Gasteiger partial charge in [-0.25, -0.2) is 5.43 Å². The zero-order valence-corrected chi connectivity index (χ0v) is 22.9. The van der Waals surface area contributed by atoms with Crippen molar-refractivity contribution in [2.45, 2.75) is 13.5 Å². The Bertz CT molecular complexity index is 1390. The van der Waals surface area contributed by atoms with Crippen LogP contribution in [0.4, 0.5) is 0 Å². The van der Waals surface area contributed by atoms with Gasteiger partial charge in [0.2, 0.25) is 0 Å². The predicted octanol–water partition coefficient (Wildman–Crippen LogP) is 7.12. The first-order chi connectivity index (χ1) is 17.5. The van der Waals surface area contributed by atoms with Crippen molar-refractivity contribution < 1.29 is 19.0 Å². The largest absolute Gasteiger partial charge is 0.493 e. The first kappa shape index (κ1) is 25.7. The SMILES string of the molecule is CCOc1ccc(C(=O)N/N=C/c2cc(Br)c(OCc3cccc4ccccc34)c(Br)c2)cc1OC. The summed E-state index contributed by atoms with van der Waals surface area (Å²) in [6.07, 6.45) is 1.56. The maximum Gasteiger partial charge on any atom is 0.271 e. The van der Waals surface area contributed by atoms with Crippen LogP contribution in [-0.2, 0) is 6.61 Å². The molecule has 1 amide bonds. The van der Waals surface area contributed by atoms with Crippen molar-refractivity contribution in [2.75, 3.05) is 13.7 Å². The fourth-order valence-electron chi connectivity index (χ4n) is 3.67. The molecule has 0 aliphatic carbocycles. The van der Waals surface area contributed by atoms with Crippen LogP contribution < -0.4 is 19.6 Å². The third-order valence-corrected chi connectivity index (χ3v) is 6.56. The number of hydrogen-bond acceptors (Lipinski definition) is 5. The summed E-state index contributed by atoms with van der Waals surface area (Å²) >= 11 is 7.17. The first-order valence-electron chi connectivity index (χ1n) is 11.2. The summed E-state index contributed by atoms with van der Waals surface area (Å²) in [5, 5.41) is 6.43. The van der Waals surface area contributed by atoms with E-state index in [0.717, 1.165) is 25.5 Å². The van der Waals surface area contributed by atoms with Crippen LogP contribution in [0, 0.1) is 0 Å². The summed E-state index contributed by atoms with van der Waals surface area (Å²) in [6, 6.07) is 23.1. The highest BCUT2D eigenvalue weighted by Crippen LogP contribution is 2.35. The van der Waals surface area contributed by atoms with E-state index in [0.29, 0.717) is 36.0 Å². The second-order valence-corrected chi connectivity index (χ2v) is 9.45. The molecule has 0 saturated heterocycles. The molecule has 184 valence electrons. The summed E-state index contributed by atoms with van der Waals surface area (Å²) in [7, 11) is 1.53. The fraction of sp³-hybridized carbons (Fsp3) is 0.143. The second kappa shape index (κ2) is 12.1. The van der Waals surface area contributed by atoms with Gasteiger partial charge in [-0.3, -0.25) is 4.79 Å². The van der Waals surface area contributed by atoms with Crippen molar-refractivity contribution in [3.63, 3.8) is 0 Å². The zero-order valence-electron chi connectivity index (χ0n) is 19.8. The van der Waals surface area contributed by atoms with E-state index in [2.05, 4.69) is 66.7 Å². The molecule has 0 saturated carbocycles. The number of hydrazone groups is 1. The Morgan fingerprint density at radius 3 is 2.44 bits per heavy atom. The van der Waals surface area contributed by atoms with Crippen LogP contribution >= 0.6 is 31.9 Å². The number of carbonyl (C=O) groups excluding carboxylic acids is 1. The van der Waals surface area contributed by atoms with E-state index in [9.17, 15) is 4.79 Å². The Hall–Kier alpha value is -3.36. The first-order valence-corrected chi connectivity index (χ1v) is 12.8. The van der Waals surface area contributed by atoms with Gasteiger partial charge >= 0.3 is 0 Å². The van der Waals surface area contributed by atoms with Gasteiger partial charge in [-0.15, -0.1) is 0 Å². The molecular weight excluding hydrogens is 588 g/mol. The van der Waals surface area contributed by atoms with Crippen LogP contribution in [0.2, 0.25) is 0 Å². The average Bonchev–Trinajstić information content (AvgIpc) is 2.88. The van der Waals surface area contributed by atoms with Gasteiger partial charge in [-0.05, 0) is 91.0 Å². The molecule has 8 heteroatoms. The fourth-order valence-corrected chi connectivity index (χ4v) is 5.12. The molecule has 0 fully saturated rings. The summed E-state index contributed by atoms with van der Waals surface area (Å²) in [5.41, 5.74) is 4.83. The van der Waals surface area contributed by atoms with E-state index < -0.39 is 0 Å². The summed E-state index contributed by atoms with van der Waals surface area (Å²) in [5.74, 6) is 1.39. The number of methoxy groups -OCH3 is 1. The van der Waals surface area contributed by atoms with Gasteiger partial charge < -0.3 is 14.2 Å². The Balaban J connectivity index is 1.42. The zero-order chi connectivity index (χ0) is 25.5. The van der Waals surface area contributed by atoms with Crippen LogP contribution in [0.5, 0.6) is 17.2 Å². The number of nitrogens with one attached hydrogen (secondary N) is 1. The minimum atomic E-state index is -0.360. The Morgan fingerprint density at radius 2 is 1.69 bits per heavy atom. The highest BCUT2D eigenvalue weighted by molar-refractivity contribution is 9.11. The Labute approximate surface area is 226 Å². The number of carbonyl (C=O) groups is 1. The second-order valence-electron chi connectivity index (χ2n) is 7.74.